The average molecular weight is 453 g/mol. The van der Waals surface area contributed by atoms with Crippen molar-refractivity contribution in [2.75, 3.05) is 22.8 Å². The molecule has 0 aliphatic rings. The van der Waals surface area contributed by atoms with Gasteiger partial charge in [-0.3, -0.25) is 9.10 Å². The van der Waals surface area contributed by atoms with Crippen molar-refractivity contribution in [2.45, 2.75) is 18.7 Å². The molecule has 166 valence electrons. The molecule has 0 aliphatic carbocycles. The maximum atomic E-state index is 13.3. The Morgan fingerprint density at radius 2 is 1.53 bits per heavy atom. The highest BCUT2D eigenvalue weighted by molar-refractivity contribution is 7.92. The van der Waals surface area contributed by atoms with Crippen LogP contribution in [0.3, 0.4) is 0 Å². The number of aryl methyl sites for hydroxylation is 1. The van der Waals surface area contributed by atoms with Crippen molar-refractivity contribution >= 4 is 33.3 Å². The van der Waals surface area contributed by atoms with Crippen LogP contribution < -0.4 is 9.62 Å². The van der Waals surface area contributed by atoms with Gasteiger partial charge in [0.2, 0.25) is 5.91 Å². The fraction of sp³-hybridized carbons (Fsp3) is 0.167. The molecule has 0 aromatic heterocycles. The van der Waals surface area contributed by atoms with E-state index in [0.717, 1.165) is 9.87 Å². The summed E-state index contributed by atoms with van der Waals surface area (Å²) in [7, 11) is -4.01. The number of carbonyl (C=O) groups excluding carboxylic acids is 2. The van der Waals surface area contributed by atoms with Gasteiger partial charge in [0.25, 0.3) is 10.0 Å². The summed E-state index contributed by atoms with van der Waals surface area (Å²) in [5, 5.41) is 2.64. The van der Waals surface area contributed by atoms with E-state index in [4.69, 9.17) is 4.74 Å². The van der Waals surface area contributed by atoms with E-state index in [9.17, 15) is 18.0 Å². The van der Waals surface area contributed by atoms with Crippen LogP contribution >= 0.6 is 0 Å². The van der Waals surface area contributed by atoms with E-state index in [1.807, 2.05) is 6.92 Å². The number of ether oxygens (including phenoxy) is 1. The van der Waals surface area contributed by atoms with E-state index >= 15 is 0 Å². The van der Waals surface area contributed by atoms with Crippen LogP contribution in [0.15, 0.2) is 83.8 Å². The first-order valence-electron chi connectivity index (χ1n) is 10.0. The molecule has 1 amide bonds. The van der Waals surface area contributed by atoms with Crippen molar-refractivity contribution in [2.24, 2.45) is 0 Å². The third-order valence-corrected chi connectivity index (χ3v) is 6.42. The quantitative estimate of drug-likeness (QED) is 0.522. The first-order chi connectivity index (χ1) is 15.3. The van der Waals surface area contributed by atoms with Crippen LogP contribution in [0.1, 0.15) is 22.8 Å². The van der Waals surface area contributed by atoms with Gasteiger partial charge < -0.3 is 10.1 Å². The highest BCUT2D eigenvalue weighted by Crippen LogP contribution is 2.24. The number of rotatable bonds is 8. The summed E-state index contributed by atoms with van der Waals surface area (Å²) in [6.07, 6.45) is 0. The monoisotopic (exact) mass is 452 g/mol. The van der Waals surface area contributed by atoms with Gasteiger partial charge in [0.15, 0.2) is 0 Å². The number of sulfonamides is 1. The molecule has 3 rings (SSSR count). The summed E-state index contributed by atoms with van der Waals surface area (Å²) in [6, 6.07) is 21.2. The third-order valence-electron chi connectivity index (χ3n) is 4.64. The lowest BCUT2D eigenvalue weighted by atomic mass is 10.2. The molecule has 0 spiro atoms. The van der Waals surface area contributed by atoms with E-state index in [1.54, 1.807) is 67.6 Å². The molecule has 0 unspecified atom stereocenters. The van der Waals surface area contributed by atoms with E-state index in [2.05, 4.69) is 5.32 Å². The molecule has 0 saturated heterocycles. The minimum atomic E-state index is -4.01. The second-order valence-electron chi connectivity index (χ2n) is 6.97. The highest BCUT2D eigenvalue weighted by Gasteiger charge is 2.27. The summed E-state index contributed by atoms with van der Waals surface area (Å²) in [4.78, 5) is 25.2. The fourth-order valence-electron chi connectivity index (χ4n) is 3.04. The SMILES string of the molecule is CCOC(=O)c1ccccc1NC(=O)CN(c1ccc(C)cc1)S(=O)(=O)c1ccccc1. The number of hydrogen-bond donors (Lipinski definition) is 1. The Morgan fingerprint density at radius 3 is 2.19 bits per heavy atom. The van der Waals surface area contributed by atoms with Gasteiger partial charge in [0.1, 0.15) is 6.54 Å². The lowest BCUT2D eigenvalue weighted by Gasteiger charge is -2.24. The fourth-order valence-corrected chi connectivity index (χ4v) is 4.49. The number of nitrogens with zero attached hydrogens (tertiary/aromatic N) is 1. The van der Waals surface area contributed by atoms with Gasteiger partial charge in [-0.15, -0.1) is 0 Å². The Kier molecular flexibility index (Phi) is 7.27. The number of hydrogen-bond acceptors (Lipinski definition) is 5. The Labute approximate surface area is 187 Å². The normalized spacial score (nSPS) is 10.9. The standard InChI is InChI=1S/C24H24N2O5S/c1-3-31-24(28)21-11-7-8-12-22(21)25-23(27)17-26(19-15-13-18(2)14-16-19)32(29,30)20-9-5-4-6-10-20/h4-16H,3,17H2,1-2H3,(H,25,27). The van der Waals surface area contributed by atoms with Crippen LogP contribution in [0.25, 0.3) is 0 Å². The number of esters is 1. The minimum Gasteiger partial charge on any atom is -0.462 e. The summed E-state index contributed by atoms with van der Waals surface area (Å²) in [5.74, 6) is -1.17. The van der Waals surface area contributed by atoms with Crippen molar-refractivity contribution < 1.29 is 22.7 Å². The smallest absolute Gasteiger partial charge is 0.340 e. The van der Waals surface area contributed by atoms with Crippen LogP contribution in [-0.2, 0) is 19.6 Å². The molecular formula is C24H24N2O5S. The van der Waals surface area contributed by atoms with Gasteiger partial charge >= 0.3 is 5.97 Å². The van der Waals surface area contributed by atoms with Crippen molar-refractivity contribution in [1.82, 2.24) is 0 Å². The number of nitrogens with one attached hydrogen (secondary N) is 1. The predicted octanol–water partition coefficient (Wildman–Crippen LogP) is 4.01. The van der Waals surface area contributed by atoms with E-state index in [0.29, 0.717) is 5.69 Å². The Morgan fingerprint density at radius 1 is 0.906 bits per heavy atom. The van der Waals surface area contributed by atoms with E-state index < -0.39 is 28.4 Å². The second-order valence-corrected chi connectivity index (χ2v) is 8.84. The summed E-state index contributed by atoms with van der Waals surface area (Å²) in [6.45, 7) is 3.29. The zero-order valence-electron chi connectivity index (χ0n) is 17.8. The van der Waals surface area contributed by atoms with Crippen LogP contribution in [0, 0.1) is 6.92 Å². The molecule has 0 saturated carbocycles. The van der Waals surface area contributed by atoms with E-state index in [1.165, 1.54) is 18.2 Å². The highest BCUT2D eigenvalue weighted by atomic mass is 32.2. The maximum Gasteiger partial charge on any atom is 0.340 e. The molecule has 0 radical (unpaired) electrons. The van der Waals surface area contributed by atoms with Gasteiger partial charge in [0, 0.05) is 0 Å². The zero-order valence-corrected chi connectivity index (χ0v) is 18.6. The predicted molar refractivity (Wildman–Crippen MR) is 123 cm³/mol. The van der Waals surface area contributed by atoms with Crippen LogP contribution in [-0.4, -0.2) is 33.4 Å². The molecule has 1 N–H and O–H groups in total. The van der Waals surface area contributed by atoms with Crippen molar-refractivity contribution in [3.05, 3.63) is 90.0 Å². The molecule has 7 nitrogen and oxygen atoms in total. The third kappa shape index (κ3) is 5.33. The average Bonchev–Trinajstić information content (AvgIpc) is 2.79. The maximum absolute atomic E-state index is 13.3. The Hall–Kier alpha value is -3.65. The van der Waals surface area contributed by atoms with Gasteiger partial charge in [0.05, 0.1) is 28.4 Å². The lowest BCUT2D eigenvalue weighted by molar-refractivity contribution is -0.114. The Bertz CT molecular complexity index is 1190. The lowest BCUT2D eigenvalue weighted by Crippen LogP contribution is -2.38. The van der Waals surface area contributed by atoms with Gasteiger partial charge in [-0.25, -0.2) is 13.2 Å². The summed E-state index contributed by atoms with van der Waals surface area (Å²) in [5.41, 5.74) is 1.75. The molecule has 0 bridgehead atoms. The molecule has 0 aliphatic heterocycles. The van der Waals surface area contributed by atoms with Crippen LogP contribution in [0.5, 0.6) is 0 Å². The van der Waals surface area contributed by atoms with Gasteiger partial charge in [-0.1, -0.05) is 48.0 Å². The molecule has 0 fully saturated rings. The number of amides is 1. The van der Waals surface area contributed by atoms with Crippen molar-refractivity contribution in [3.63, 3.8) is 0 Å². The zero-order chi connectivity index (χ0) is 23.1. The largest absolute Gasteiger partial charge is 0.462 e. The van der Waals surface area contributed by atoms with Crippen LogP contribution in [0.2, 0.25) is 0 Å². The number of benzene rings is 3. The molecule has 32 heavy (non-hydrogen) atoms. The second kappa shape index (κ2) is 10.1. The topological polar surface area (TPSA) is 92.8 Å². The first kappa shape index (κ1) is 23.0. The minimum absolute atomic E-state index is 0.0697. The molecule has 8 heteroatoms. The molecule has 0 heterocycles. The molecular weight excluding hydrogens is 428 g/mol. The van der Waals surface area contributed by atoms with E-state index in [-0.39, 0.29) is 22.8 Å². The van der Waals surface area contributed by atoms with Gasteiger partial charge in [-0.05, 0) is 50.2 Å². The van der Waals surface area contributed by atoms with Crippen molar-refractivity contribution in [1.29, 1.82) is 0 Å². The summed E-state index contributed by atoms with van der Waals surface area (Å²) >= 11 is 0. The van der Waals surface area contributed by atoms with Crippen LogP contribution in [0.4, 0.5) is 11.4 Å². The number of anilines is 2. The number of para-hydroxylation sites is 1. The molecule has 3 aromatic rings. The van der Waals surface area contributed by atoms with Crippen molar-refractivity contribution in [3.8, 4) is 0 Å². The first-order valence-corrected chi connectivity index (χ1v) is 11.5. The summed E-state index contributed by atoms with van der Waals surface area (Å²) < 4.78 is 32.7. The number of carbonyl (C=O) groups is 2. The molecule has 3 aromatic carbocycles. The van der Waals surface area contributed by atoms with Gasteiger partial charge in [-0.2, -0.15) is 0 Å². The molecule has 0 atom stereocenters. The Balaban J connectivity index is 1.92.